The van der Waals surface area contributed by atoms with E-state index in [1.165, 1.54) is 9.13 Å². The summed E-state index contributed by atoms with van der Waals surface area (Å²) in [7, 11) is 0. The minimum Gasteiger partial charge on any atom is -0.381 e. The zero-order chi connectivity index (χ0) is 13.1. The molecule has 1 amide bonds. The Labute approximate surface area is 121 Å². The predicted molar refractivity (Wildman–Crippen MR) is 80.6 cm³/mol. The highest BCUT2D eigenvalue weighted by atomic mass is 127. The van der Waals surface area contributed by atoms with Gasteiger partial charge in [0, 0.05) is 28.4 Å². The average Bonchev–Trinajstić information content (AvgIpc) is 2.34. The molecule has 2 atom stereocenters. The molecule has 2 rings (SSSR count). The van der Waals surface area contributed by atoms with E-state index in [9.17, 15) is 4.79 Å². The van der Waals surface area contributed by atoms with Crippen LogP contribution in [0.25, 0.3) is 0 Å². The summed E-state index contributed by atoms with van der Waals surface area (Å²) in [5, 5.41) is 3.01. The van der Waals surface area contributed by atoms with Crippen LogP contribution in [0, 0.1) is 22.3 Å². The maximum absolute atomic E-state index is 12.2. The molecule has 0 radical (unpaired) electrons. The molecule has 1 heterocycles. The van der Waals surface area contributed by atoms with Crippen molar-refractivity contribution in [3.63, 3.8) is 0 Å². The monoisotopic (exact) mass is 359 g/mol. The van der Waals surface area contributed by atoms with Gasteiger partial charge in [-0.15, -0.1) is 0 Å². The Morgan fingerprint density at radius 2 is 2.28 bits per heavy atom. The van der Waals surface area contributed by atoms with E-state index < -0.39 is 0 Å². The summed E-state index contributed by atoms with van der Waals surface area (Å²) in [5.41, 5.74) is 2.11. The van der Waals surface area contributed by atoms with E-state index in [0.717, 1.165) is 12.1 Å². The van der Waals surface area contributed by atoms with E-state index in [2.05, 4.69) is 41.8 Å². The van der Waals surface area contributed by atoms with Gasteiger partial charge in [-0.05, 0) is 59.5 Å². The molecule has 1 aromatic carbocycles. The lowest BCUT2D eigenvalue weighted by molar-refractivity contribution is -0.125. The molecule has 1 aliphatic heterocycles. The molecule has 1 aliphatic rings. The zero-order valence-corrected chi connectivity index (χ0v) is 12.9. The van der Waals surface area contributed by atoms with Gasteiger partial charge >= 0.3 is 0 Å². The molecule has 0 aromatic heterocycles. The summed E-state index contributed by atoms with van der Waals surface area (Å²) in [6.07, 6.45) is 0.815. The Morgan fingerprint density at radius 3 is 2.94 bits per heavy atom. The van der Waals surface area contributed by atoms with Crippen LogP contribution in [0.1, 0.15) is 18.9 Å². The average molecular weight is 359 g/mol. The highest BCUT2D eigenvalue weighted by Gasteiger charge is 2.28. The Bertz CT molecular complexity index is 447. The minimum atomic E-state index is 0.0673. The molecule has 0 aliphatic carbocycles. The lowest BCUT2D eigenvalue weighted by atomic mass is 9.89. The number of rotatable bonds is 2. The first-order chi connectivity index (χ1) is 8.58. The fraction of sp³-hybridized carbons (Fsp3) is 0.500. The van der Waals surface area contributed by atoms with E-state index in [1.807, 2.05) is 18.2 Å². The van der Waals surface area contributed by atoms with Gasteiger partial charge in [-0.1, -0.05) is 13.0 Å². The molecular formula is C14H18INO2. The quantitative estimate of drug-likeness (QED) is 0.824. The topological polar surface area (TPSA) is 38.3 Å². The normalized spacial score (nSPS) is 23.7. The number of ether oxygens (including phenoxy) is 1. The summed E-state index contributed by atoms with van der Waals surface area (Å²) < 4.78 is 6.54. The van der Waals surface area contributed by atoms with Crippen molar-refractivity contribution in [2.75, 3.05) is 18.5 Å². The fourth-order valence-corrected chi connectivity index (χ4v) is 2.69. The molecule has 2 unspecified atom stereocenters. The van der Waals surface area contributed by atoms with Crippen LogP contribution in [0.15, 0.2) is 18.2 Å². The molecule has 1 aromatic rings. The number of aryl methyl sites for hydroxylation is 1. The fourth-order valence-electron chi connectivity index (χ4n) is 2.18. The minimum absolute atomic E-state index is 0.0673. The molecule has 1 fully saturated rings. The van der Waals surface area contributed by atoms with E-state index in [0.29, 0.717) is 19.1 Å². The Balaban J connectivity index is 2.04. The SMILES string of the molecule is Cc1ccc(NC(=O)C2CCOCC2C)cc1I. The third-order valence-corrected chi connectivity index (χ3v) is 4.58. The summed E-state index contributed by atoms with van der Waals surface area (Å²) in [5.74, 6) is 0.478. The van der Waals surface area contributed by atoms with Crippen LogP contribution in [0.4, 0.5) is 5.69 Å². The first kappa shape index (κ1) is 13.8. The van der Waals surface area contributed by atoms with Crippen LogP contribution in [0.5, 0.6) is 0 Å². The molecule has 1 N–H and O–H groups in total. The second kappa shape index (κ2) is 6.02. The number of carbonyl (C=O) groups excluding carboxylic acids is 1. The van der Waals surface area contributed by atoms with Crippen LogP contribution in [0.3, 0.4) is 0 Å². The largest absolute Gasteiger partial charge is 0.381 e. The van der Waals surface area contributed by atoms with E-state index >= 15 is 0 Å². The van der Waals surface area contributed by atoms with Crippen molar-refractivity contribution in [2.45, 2.75) is 20.3 Å². The molecule has 3 nitrogen and oxygen atoms in total. The third-order valence-electron chi connectivity index (χ3n) is 3.42. The number of halogens is 1. The van der Waals surface area contributed by atoms with Crippen LogP contribution >= 0.6 is 22.6 Å². The van der Waals surface area contributed by atoms with Crippen molar-refractivity contribution in [3.05, 3.63) is 27.3 Å². The first-order valence-corrected chi connectivity index (χ1v) is 7.30. The Morgan fingerprint density at radius 1 is 1.50 bits per heavy atom. The van der Waals surface area contributed by atoms with Crippen LogP contribution in [-0.2, 0) is 9.53 Å². The number of benzene rings is 1. The second-order valence-electron chi connectivity index (χ2n) is 4.90. The van der Waals surface area contributed by atoms with Crippen LogP contribution in [0.2, 0.25) is 0 Å². The third kappa shape index (κ3) is 3.23. The Hall–Kier alpha value is -0.620. The highest BCUT2D eigenvalue weighted by molar-refractivity contribution is 14.1. The summed E-state index contributed by atoms with van der Waals surface area (Å²) in [4.78, 5) is 12.2. The molecule has 0 saturated carbocycles. The van der Waals surface area contributed by atoms with Gasteiger partial charge in [0.05, 0.1) is 0 Å². The number of hydrogen-bond donors (Lipinski definition) is 1. The highest BCUT2D eigenvalue weighted by Crippen LogP contribution is 2.24. The summed E-state index contributed by atoms with van der Waals surface area (Å²) >= 11 is 2.28. The van der Waals surface area contributed by atoms with Gasteiger partial charge in [0.2, 0.25) is 5.91 Å². The predicted octanol–water partition coefficient (Wildman–Crippen LogP) is 3.21. The second-order valence-corrected chi connectivity index (χ2v) is 6.06. The molecule has 4 heteroatoms. The number of amides is 1. The van der Waals surface area contributed by atoms with E-state index in [4.69, 9.17) is 4.74 Å². The maximum atomic E-state index is 12.2. The van der Waals surface area contributed by atoms with Crippen molar-refractivity contribution >= 4 is 34.2 Å². The van der Waals surface area contributed by atoms with E-state index in [-0.39, 0.29) is 11.8 Å². The van der Waals surface area contributed by atoms with Crippen molar-refractivity contribution < 1.29 is 9.53 Å². The van der Waals surface area contributed by atoms with Crippen molar-refractivity contribution in [1.82, 2.24) is 0 Å². The molecule has 1 saturated heterocycles. The lowest BCUT2D eigenvalue weighted by Crippen LogP contribution is -2.35. The lowest BCUT2D eigenvalue weighted by Gasteiger charge is -2.27. The summed E-state index contributed by atoms with van der Waals surface area (Å²) in [6, 6.07) is 6.00. The zero-order valence-electron chi connectivity index (χ0n) is 10.7. The molecular weight excluding hydrogens is 341 g/mol. The van der Waals surface area contributed by atoms with Gasteiger partial charge in [-0.3, -0.25) is 4.79 Å². The number of hydrogen-bond acceptors (Lipinski definition) is 2. The molecule has 0 bridgehead atoms. The maximum Gasteiger partial charge on any atom is 0.227 e. The van der Waals surface area contributed by atoms with E-state index in [1.54, 1.807) is 0 Å². The van der Waals surface area contributed by atoms with Crippen LogP contribution < -0.4 is 5.32 Å². The van der Waals surface area contributed by atoms with Crippen molar-refractivity contribution in [2.24, 2.45) is 11.8 Å². The molecule has 98 valence electrons. The van der Waals surface area contributed by atoms with Gasteiger partial charge in [0.15, 0.2) is 0 Å². The van der Waals surface area contributed by atoms with Gasteiger partial charge in [0.1, 0.15) is 0 Å². The van der Waals surface area contributed by atoms with Gasteiger partial charge < -0.3 is 10.1 Å². The van der Waals surface area contributed by atoms with Crippen molar-refractivity contribution in [1.29, 1.82) is 0 Å². The van der Waals surface area contributed by atoms with Gasteiger partial charge in [-0.2, -0.15) is 0 Å². The standard InChI is InChI=1S/C14H18INO2/c1-9-3-4-11(7-13(9)15)16-14(17)12-5-6-18-8-10(12)2/h3-4,7,10,12H,5-6,8H2,1-2H3,(H,16,17). The smallest absolute Gasteiger partial charge is 0.227 e. The first-order valence-electron chi connectivity index (χ1n) is 6.22. The number of carbonyl (C=O) groups is 1. The molecule has 18 heavy (non-hydrogen) atoms. The van der Waals surface area contributed by atoms with Crippen molar-refractivity contribution in [3.8, 4) is 0 Å². The summed E-state index contributed by atoms with van der Waals surface area (Å²) in [6.45, 7) is 5.51. The Kier molecular flexibility index (Phi) is 4.61. The number of anilines is 1. The van der Waals surface area contributed by atoms with Gasteiger partial charge in [-0.25, -0.2) is 0 Å². The van der Waals surface area contributed by atoms with Crippen LogP contribution in [-0.4, -0.2) is 19.1 Å². The molecule has 0 spiro atoms. The van der Waals surface area contributed by atoms with Gasteiger partial charge in [0.25, 0.3) is 0 Å². The number of nitrogens with one attached hydrogen (secondary N) is 1.